The zero-order valence-corrected chi connectivity index (χ0v) is 13.8. The van der Waals surface area contributed by atoms with Gasteiger partial charge in [0.15, 0.2) is 0 Å². The van der Waals surface area contributed by atoms with E-state index >= 15 is 0 Å². The van der Waals surface area contributed by atoms with Crippen LogP contribution < -0.4 is 10.5 Å². The third-order valence-electron chi connectivity index (χ3n) is 2.75. The lowest BCUT2D eigenvalue weighted by atomic mass is 10.1. The minimum absolute atomic E-state index is 0.267. The molecule has 2 aromatic rings. The Kier molecular flexibility index (Phi) is 5.40. The van der Waals surface area contributed by atoms with Crippen molar-refractivity contribution in [2.24, 2.45) is 5.73 Å². The average Bonchev–Trinajstić information content (AvgIpc) is 2.41. The van der Waals surface area contributed by atoms with Crippen LogP contribution in [0.15, 0.2) is 46.9 Å². The lowest BCUT2D eigenvalue weighted by Crippen LogP contribution is -2.13. The van der Waals surface area contributed by atoms with Gasteiger partial charge in [-0.1, -0.05) is 54.2 Å². The van der Waals surface area contributed by atoms with E-state index < -0.39 is 0 Å². The summed E-state index contributed by atoms with van der Waals surface area (Å²) in [6.07, 6.45) is 0.812. The van der Waals surface area contributed by atoms with Gasteiger partial charge >= 0.3 is 0 Å². The number of benzene rings is 2. The Morgan fingerprint density at radius 2 is 1.95 bits per heavy atom. The number of ether oxygens (including phenoxy) is 1. The molecule has 0 amide bonds. The second-order valence-corrected chi connectivity index (χ2v) is 5.94. The van der Waals surface area contributed by atoms with Crippen LogP contribution in [0.2, 0.25) is 5.02 Å². The third-order valence-corrected chi connectivity index (χ3v) is 3.78. The highest BCUT2D eigenvalue weighted by atomic mass is 79.9. The molecule has 0 aliphatic rings. The molecule has 0 radical (unpaired) electrons. The van der Waals surface area contributed by atoms with Crippen molar-refractivity contribution in [3.8, 4) is 5.75 Å². The number of hydrogen-bond donors (Lipinski definition) is 1. The Bertz CT molecular complexity index is 619. The zero-order valence-electron chi connectivity index (χ0n) is 10.6. The van der Waals surface area contributed by atoms with Crippen LogP contribution in [0.5, 0.6) is 5.75 Å². The Labute approximate surface area is 137 Å². The van der Waals surface area contributed by atoms with E-state index in [4.69, 9.17) is 34.3 Å². The summed E-state index contributed by atoms with van der Waals surface area (Å²) in [7, 11) is 0. The van der Waals surface area contributed by atoms with Gasteiger partial charge in [0.05, 0.1) is 16.6 Å². The van der Waals surface area contributed by atoms with E-state index in [0.29, 0.717) is 22.9 Å². The van der Waals surface area contributed by atoms with Crippen LogP contribution in [0.25, 0.3) is 0 Å². The predicted molar refractivity (Wildman–Crippen MR) is 90.7 cm³/mol. The molecule has 0 atom stereocenters. The molecule has 104 valence electrons. The van der Waals surface area contributed by atoms with Crippen molar-refractivity contribution >= 4 is 44.7 Å². The largest absolute Gasteiger partial charge is 0.491 e. The van der Waals surface area contributed by atoms with E-state index in [9.17, 15) is 0 Å². The smallest absolute Gasteiger partial charge is 0.143 e. The van der Waals surface area contributed by atoms with Crippen molar-refractivity contribution in [3.63, 3.8) is 0 Å². The number of thiocarbonyl (C=S) groups is 1. The van der Waals surface area contributed by atoms with Crippen LogP contribution in [0.3, 0.4) is 0 Å². The first-order valence-corrected chi connectivity index (χ1v) is 7.61. The van der Waals surface area contributed by atoms with Gasteiger partial charge in [-0.05, 0) is 33.6 Å². The SMILES string of the molecule is NC(=S)c1cc(Cl)cc(Br)c1OCCc1ccccc1. The Hall–Kier alpha value is -1.10. The van der Waals surface area contributed by atoms with Crippen molar-refractivity contribution < 1.29 is 4.74 Å². The summed E-state index contributed by atoms with van der Waals surface area (Å²) in [5, 5.41) is 0.565. The molecule has 2 rings (SSSR count). The minimum atomic E-state index is 0.267. The minimum Gasteiger partial charge on any atom is -0.491 e. The van der Waals surface area contributed by atoms with Gasteiger partial charge in [0.2, 0.25) is 0 Å². The molecule has 0 spiro atoms. The molecule has 0 bridgehead atoms. The van der Waals surface area contributed by atoms with Crippen molar-refractivity contribution in [3.05, 3.63) is 63.1 Å². The molecule has 0 unspecified atom stereocenters. The van der Waals surface area contributed by atoms with Crippen molar-refractivity contribution in [2.45, 2.75) is 6.42 Å². The number of nitrogens with two attached hydrogens (primary N) is 1. The van der Waals surface area contributed by atoms with E-state index in [-0.39, 0.29) is 4.99 Å². The molecule has 0 saturated carbocycles. The lowest BCUT2D eigenvalue weighted by molar-refractivity contribution is 0.319. The monoisotopic (exact) mass is 369 g/mol. The Morgan fingerprint density at radius 3 is 2.60 bits per heavy atom. The fourth-order valence-electron chi connectivity index (χ4n) is 1.81. The fourth-order valence-corrected chi connectivity index (χ4v) is 2.88. The summed E-state index contributed by atoms with van der Waals surface area (Å²) in [4.78, 5) is 0.267. The molecule has 0 heterocycles. The standard InChI is InChI=1S/C15H13BrClNOS/c16-13-9-11(17)8-12(15(18)20)14(13)19-7-6-10-4-2-1-3-5-10/h1-5,8-9H,6-7H2,(H2,18,20). The molecule has 20 heavy (non-hydrogen) atoms. The lowest BCUT2D eigenvalue weighted by Gasteiger charge is -2.13. The molecule has 0 aliphatic carbocycles. The van der Waals surface area contributed by atoms with E-state index in [2.05, 4.69) is 28.1 Å². The molecule has 2 N–H and O–H groups in total. The molecular formula is C15H13BrClNOS. The van der Waals surface area contributed by atoms with Crippen molar-refractivity contribution in [2.75, 3.05) is 6.61 Å². The van der Waals surface area contributed by atoms with E-state index in [1.165, 1.54) is 5.56 Å². The van der Waals surface area contributed by atoms with E-state index in [1.807, 2.05) is 18.2 Å². The van der Waals surface area contributed by atoms with Crippen LogP contribution in [0.1, 0.15) is 11.1 Å². The first-order chi connectivity index (χ1) is 9.58. The zero-order chi connectivity index (χ0) is 14.5. The highest BCUT2D eigenvalue weighted by Crippen LogP contribution is 2.32. The van der Waals surface area contributed by atoms with Gasteiger partial charge in [-0.25, -0.2) is 0 Å². The van der Waals surface area contributed by atoms with Gasteiger partial charge in [-0.2, -0.15) is 0 Å². The normalized spacial score (nSPS) is 10.3. The van der Waals surface area contributed by atoms with Gasteiger partial charge in [0.1, 0.15) is 10.7 Å². The second kappa shape index (κ2) is 7.07. The quantitative estimate of drug-likeness (QED) is 0.794. The Balaban J connectivity index is 2.11. The summed E-state index contributed by atoms with van der Waals surface area (Å²) >= 11 is 14.5. The van der Waals surface area contributed by atoms with Crippen molar-refractivity contribution in [1.29, 1.82) is 0 Å². The molecule has 0 aliphatic heterocycles. The topological polar surface area (TPSA) is 35.2 Å². The molecule has 0 saturated heterocycles. The summed E-state index contributed by atoms with van der Waals surface area (Å²) in [5.74, 6) is 0.637. The van der Waals surface area contributed by atoms with Crippen LogP contribution in [0, 0.1) is 0 Å². The average molecular weight is 371 g/mol. The third kappa shape index (κ3) is 3.95. The molecule has 0 aromatic heterocycles. The molecule has 5 heteroatoms. The molecule has 2 nitrogen and oxygen atoms in total. The molecule has 2 aromatic carbocycles. The number of hydrogen-bond acceptors (Lipinski definition) is 2. The van der Waals surface area contributed by atoms with Gasteiger partial charge in [-0.15, -0.1) is 0 Å². The van der Waals surface area contributed by atoms with Gasteiger partial charge in [-0.3, -0.25) is 0 Å². The number of halogens is 2. The highest BCUT2D eigenvalue weighted by molar-refractivity contribution is 9.10. The van der Waals surface area contributed by atoms with Crippen LogP contribution in [0.4, 0.5) is 0 Å². The Morgan fingerprint density at radius 1 is 1.25 bits per heavy atom. The van der Waals surface area contributed by atoms with E-state index in [0.717, 1.165) is 10.9 Å². The van der Waals surface area contributed by atoms with Crippen LogP contribution in [-0.2, 0) is 6.42 Å². The summed E-state index contributed by atoms with van der Waals surface area (Å²) < 4.78 is 6.57. The molecular weight excluding hydrogens is 358 g/mol. The summed E-state index contributed by atoms with van der Waals surface area (Å²) in [5.41, 5.74) is 7.57. The highest BCUT2D eigenvalue weighted by Gasteiger charge is 2.12. The fraction of sp³-hybridized carbons (Fsp3) is 0.133. The van der Waals surface area contributed by atoms with Crippen LogP contribution >= 0.6 is 39.7 Å². The second-order valence-electron chi connectivity index (χ2n) is 4.21. The van der Waals surface area contributed by atoms with Gasteiger partial charge in [0.25, 0.3) is 0 Å². The number of rotatable bonds is 5. The summed E-state index contributed by atoms with van der Waals surface area (Å²) in [6, 6.07) is 13.6. The van der Waals surface area contributed by atoms with Gasteiger partial charge < -0.3 is 10.5 Å². The first-order valence-electron chi connectivity index (χ1n) is 6.03. The van der Waals surface area contributed by atoms with Crippen LogP contribution in [-0.4, -0.2) is 11.6 Å². The van der Waals surface area contributed by atoms with Crippen molar-refractivity contribution in [1.82, 2.24) is 0 Å². The maximum absolute atomic E-state index is 6.00. The first kappa shape index (κ1) is 15.3. The summed E-state index contributed by atoms with van der Waals surface area (Å²) in [6.45, 7) is 0.542. The predicted octanol–water partition coefficient (Wildman–Crippen LogP) is 4.36. The molecule has 0 fully saturated rings. The van der Waals surface area contributed by atoms with Gasteiger partial charge in [0, 0.05) is 11.4 Å². The van der Waals surface area contributed by atoms with E-state index in [1.54, 1.807) is 12.1 Å². The maximum atomic E-state index is 6.00. The maximum Gasteiger partial charge on any atom is 0.143 e.